The number of allylic oxidation sites excluding steroid dienone is 4. The predicted octanol–water partition coefficient (Wildman–Crippen LogP) is 9.88. The van der Waals surface area contributed by atoms with Crippen molar-refractivity contribution in [2.24, 2.45) is 5.92 Å². The van der Waals surface area contributed by atoms with Crippen molar-refractivity contribution in [3.63, 3.8) is 0 Å². The first kappa shape index (κ1) is 20.8. The van der Waals surface area contributed by atoms with Gasteiger partial charge in [-0.25, -0.2) is 0 Å². The molecule has 178 valence electrons. The summed E-state index contributed by atoms with van der Waals surface area (Å²) in [6.45, 7) is 0. The standard InChI is InChI=1S/C37H24S/c1-5-13-31-25(9-1)26-10-2-6-14-32(26)37(31)33-15-7-3-11-27(33)29-21-23(17-19-34(29)37)24-18-20-36-30(22-24)28-12-4-8-16-35(28)38-36/h1-22,27,33H. The van der Waals surface area contributed by atoms with Gasteiger partial charge in [-0.2, -0.15) is 0 Å². The van der Waals surface area contributed by atoms with E-state index in [9.17, 15) is 0 Å². The molecule has 0 N–H and O–H groups in total. The number of thiophene rings is 1. The van der Waals surface area contributed by atoms with Crippen LogP contribution >= 0.6 is 11.3 Å². The first-order chi connectivity index (χ1) is 18.8. The topological polar surface area (TPSA) is 0 Å². The molecular weight excluding hydrogens is 476 g/mol. The number of rotatable bonds is 1. The molecule has 1 heterocycles. The summed E-state index contributed by atoms with van der Waals surface area (Å²) in [5, 5.41) is 2.71. The minimum Gasteiger partial charge on any atom is -0.135 e. The molecule has 0 bridgehead atoms. The number of fused-ring (bicyclic) bond motifs is 13. The van der Waals surface area contributed by atoms with E-state index in [1.807, 2.05) is 11.3 Å². The fraction of sp³-hybridized carbons (Fsp3) is 0.0811. The first-order valence-electron chi connectivity index (χ1n) is 13.4. The van der Waals surface area contributed by atoms with Crippen LogP contribution in [0, 0.1) is 5.92 Å². The Morgan fingerprint density at radius 1 is 0.526 bits per heavy atom. The average molecular weight is 501 g/mol. The van der Waals surface area contributed by atoms with E-state index in [1.165, 1.54) is 64.7 Å². The number of hydrogen-bond acceptors (Lipinski definition) is 1. The molecule has 6 aromatic rings. The van der Waals surface area contributed by atoms with Crippen LogP contribution in [0.3, 0.4) is 0 Å². The average Bonchev–Trinajstić information content (AvgIpc) is 3.60. The molecule has 3 aliphatic rings. The second kappa shape index (κ2) is 7.43. The summed E-state index contributed by atoms with van der Waals surface area (Å²) in [4.78, 5) is 0. The molecular formula is C37H24S. The molecule has 0 saturated carbocycles. The molecule has 0 nitrogen and oxygen atoms in total. The van der Waals surface area contributed by atoms with Gasteiger partial charge < -0.3 is 0 Å². The van der Waals surface area contributed by atoms with Crippen LogP contribution in [0.1, 0.15) is 28.2 Å². The van der Waals surface area contributed by atoms with Crippen molar-refractivity contribution in [2.45, 2.75) is 11.3 Å². The molecule has 38 heavy (non-hydrogen) atoms. The molecule has 1 heteroatoms. The Morgan fingerprint density at radius 2 is 1.18 bits per heavy atom. The largest absolute Gasteiger partial charge is 0.135 e. The highest BCUT2D eigenvalue weighted by molar-refractivity contribution is 7.25. The van der Waals surface area contributed by atoms with Gasteiger partial charge in [0.2, 0.25) is 0 Å². The second-order valence-corrected chi connectivity index (χ2v) is 11.9. The van der Waals surface area contributed by atoms with Crippen LogP contribution in [-0.2, 0) is 5.41 Å². The van der Waals surface area contributed by atoms with Crippen molar-refractivity contribution in [1.29, 1.82) is 0 Å². The molecule has 0 amide bonds. The van der Waals surface area contributed by atoms with Gasteiger partial charge in [-0.1, -0.05) is 115 Å². The Kier molecular flexibility index (Phi) is 4.07. The van der Waals surface area contributed by atoms with Crippen LogP contribution < -0.4 is 0 Å². The molecule has 0 saturated heterocycles. The minimum atomic E-state index is -0.152. The SMILES string of the molecule is C1=CC2c3cc(-c4ccc5sc6ccccc6c5c4)ccc3C3(c4ccccc4-c4ccccc43)C2C=C1. The maximum Gasteiger partial charge on any atom is 0.0537 e. The second-order valence-electron chi connectivity index (χ2n) is 10.8. The summed E-state index contributed by atoms with van der Waals surface area (Å²) < 4.78 is 2.71. The van der Waals surface area contributed by atoms with Crippen molar-refractivity contribution in [2.75, 3.05) is 0 Å². The third kappa shape index (κ3) is 2.50. The van der Waals surface area contributed by atoms with Crippen molar-refractivity contribution in [3.05, 3.63) is 156 Å². The summed E-state index contributed by atoms with van der Waals surface area (Å²) in [5.41, 5.74) is 11.1. The molecule has 1 aromatic heterocycles. The third-order valence-corrected chi connectivity index (χ3v) is 10.3. The van der Waals surface area contributed by atoms with Gasteiger partial charge in [0.1, 0.15) is 0 Å². The van der Waals surface area contributed by atoms with E-state index in [4.69, 9.17) is 0 Å². The van der Waals surface area contributed by atoms with Gasteiger partial charge in [0.25, 0.3) is 0 Å². The molecule has 0 radical (unpaired) electrons. The molecule has 2 atom stereocenters. The smallest absolute Gasteiger partial charge is 0.0537 e. The first-order valence-corrected chi connectivity index (χ1v) is 14.3. The van der Waals surface area contributed by atoms with Crippen LogP contribution in [-0.4, -0.2) is 0 Å². The summed E-state index contributed by atoms with van der Waals surface area (Å²) in [5.74, 6) is 0.728. The molecule has 3 aliphatic carbocycles. The van der Waals surface area contributed by atoms with Crippen molar-refractivity contribution >= 4 is 31.5 Å². The van der Waals surface area contributed by atoms with Gasteiger partial charge in [0.05, 0.1) is 5.41 Å². The van der Waals surface area contributed by atoms with Crippen LogP contribution in [0.5, 0.6) is 0 Å². The molecule has 9 rings (SSSR count). The van der Waals surface area contributed by atoms with Crippen molar-refractivity contribution in [3.8, 4) is 22.3 Å². The van der Waals surface area contributed by atoms with Crippen molar-refractivity contribution in [1.82, 2.24) is 0 Å². The fourth-order valence-corrected chi connectivity index (χ4v) is 8.78. The maximum absolute atomic E-state index is 2.49. The summed E-state index contributed by atoms with van der Waals surface area (Å²) >= 11 is 1.88. The lowest BCUT2D eigenvalue weighted by Crippen LogP contribution is -2.32. The summed E-state index contributed by atoms with van der Waals surface area (Å²) in [6, 6.07) is 41.3. The lowest BCUT2D eigenvalue weighted by atomic mass is 9.65. The lowest BCUT2D eigenvalue weighted by Gasteiger charge is -2.36. The van der Waals surface area contributed by atoms with Gasteiger partial charge in [-0.05, 0) is 62.7 Å². The number of benzene rings is 5. The van der Waals surface area contributed by atoms with Gasteiger partial charge in [-0.3, -0.25) is 0 Å². The van der Waals surface area contributed by atoms with Gasteiger partial charge in [0, 0.05) is 32.0 Å². The van der Waals surface area contributed by atoms with E-state index in [2.05, 4.69) is 133 Å². The van der Waals surface area contributed by atoms with Gasteiger partial charge in [-0.15, -0.1) is 11.3 Å². The molecule has 5 aromatic carbocycles. The Bertz CT molecular complexity index is 1950. The van der Waals surface area contributed by atoms with E-state index in [0.717, 1.165) is 0 Å². The zero-order valence-corrected chi connectivity index (χ0v) is 21.6. The highest BCUT2D eigenvalue weighted by Gasteiger charge is 2.56. The van der Waals surface area contributed by atoms with E-state index in [-0.39, 0.29) is 5.41 Å². The molecule has 0 aliphatic heterocycles. The Hall–Kier alpha value is -4.20. The van der Waals surface area contributed by atoms with E-state index in [1.54, 1.807) is 0 Å². The van der Waals surface area contributed by atoms with Gasteiger partial charge >= 0.3 is 0 Å². The Balaban J connectivity index is 1.30. The molecule has 1 spiro atoms. The Morgan fingerprint density at radius 3 is 2.03 bits per heavy atom. The van der Waals surface area contributed by atoms with E-state index < -0.39 is 0 Å². The Labute approximate surface area is 226 Å². The van der Waals surface area contributed by atoms with Crippen LogP contribution in [0.4, 0.5) is 0 Å². The monoisotopic (exact) mass is 500 g/mol. The maximum atomic E-state index is 2.49. The van der Waals surface area contributed by atoms with E-state index >= 15 is 0 Å². The van der Waals surface area contributed by atoms with Crippen molar-refractivity contribution < 1.29 is 0 Å². The quantitative estimate of drug-likeness (QED) is 0.211. The zero-order valence-electron chi connectivity index (χ0n) is 20.8. The van der Waals surface area contributed by atoms with Crippen LogP contribution in [0.15, 0.2) is 133 Å². The lowest BCUT2D eigenvalue weighted by molar-refractivity contribution is 0.465. The third-order valence-electron chi connectivity index (χ3n) is 9.17. The number of hydrogen-bond donors (Lipinski definition) is 0. The van der Waals surface area contributed by atoms with E-state index in [0.29, 0.717) is 11.8 Å². The normalized spacial score (nSPS) is 19.6. The highest BCUT2D eigenvalue weighted by Crippen LogP contribution is 2.65. The minimum absolute atomic E-state index is 0.152. The van der Waals surface area contributed by atoms with Crippen LogP contribution in [0.2, 0.25) is 0 Å². The van der Waals surface area contributed by atoms with Crippen LogP contribution in [0.25, 0.3) is 42.4 Å². The van der Waals surface area contributed by atoms with Gasteiger partial charge in [0.15, 0.2) is 0 Å². The highest BCUT2D eigenvalue weighted by atomic mass is 32.1. The summed E-state index contributed by atoms with van der Waals surface area (Å²) in [6.07, 6.45) is 9.40. The summed E-state index contributed by atoms with van der Waals surface area (Å²) in [7, 11) is 0. The zero-order chi connectivity index (χ0) is 24.8. The fourth-order valence-electron chi connectivity index (χ4n) is 7.70. The molecule has 0 fully saturated rings. The molecule has 2 unspecified atom stereocenters. The predicted molar refractivity (Wildman–Crippen MR) is 161 cm³/mol.